The van der Waals surface area contributed by atoms with Crippen molar-refractivity contribution in [2.45, 2.75) is 17.7 Å². The Balaban J connectivity index is 2.20. The first-order chi connectivity index (χ1) is 12.9. The Morgan fingerprint density at radius 2 is 1.74 bits per heavy atom. The van der Waals surface area contributed by atoms with E-state index in [0.717, 1.165) is 12.8 Å². The average molecular weight is 391 g/mol. The molecule has 1 heterocycles. The van der Waals surface area contributed by atoms with Crippen LogP contribution in [-0.4, -0.2) is 51.1 Å². The van der Waals surface area contributed by atoms with Gasteiger partial charge in [-0.3, -0.25) is 0 Å². The van der Waals surface area contributed by atoms with Gasteiger partial charge in [-0.05, 0) is 54.8 Å². The summed E-state index contributed by atoms with van der Waals surface area (Å²) in [7, 11) is -0.752. The van der Waals surface area contributed by atoms with E-state index in [9.17, 15) is 18.3 Å². The summed E-state index contributed by atoms with van der Waals surface area (Å²) in [4.78, 5) is 11.6. The van der Waals surface area contributed by atoms with Crippen molar-refractivity contribution < 1.29 is 27.8 Å². The van der Waals surface area contributed by atoms with Crippen LogP contribution in [0.1, 0.15) is 23.2 Å². The maximum atomic E-state index is 12.9. The predicted molar refractivity (Wildman–Crippen MR) is 99.9 cm³/mol. The Kier molecular flexibility index (Phi) is 5.38. The molecule has 1 aliphatic heterocycles. The lowest BCUT2D eigenvalue weighted by atomic mass is 10.0. The molecule has 0 amide bonds. The van der Waals surface area contributed by atoms with Crippen LogP contribution in [0.3, 0.4) is 0 Å². The van der Waals surface area contributed by atoms with Crippen LogP contribution in [0, 0.1) is 0 Å². The van der Waals surface area contributed by atoms with E-state index >= 15 is 0 Å². The van der Waals surface area contributed by atoms with Gasteiger partial charge in [0.15, 0.2) is 0 Å². The number of carboxylic acids is 1. The summed E-state index contributed by atoms with van der Waals surface area (Å²) in [6, 6.07) is 9.21. The molecule has 0 aliphatic carbocycles. The molecule has 3 rings (SSSR count). The van der Waals surface area contributed by atoms with Crippen LogP contribution in [-0.2, 0) is 10.0 Å². The maximum absolute atomic E-state index is 12.9. The Morgan fingerprint density at radius 1 is 1.04 bits per heavy atom. The minimum Gasteiger partial charge on any atom is -0.497 e. The fraction of sp³-hybridized carbons (Fsp3) is 0.316. The summed E-state index contributed by atoms with van der Waals surface area (Å²) >= 11 is 0. The summed E-state index contributed by atoms with van der Waals surface area (Å²) in [6.07, 6.45) is 1.60. The number of sulfonamides is 1. The lowest BCUT2D eigenvalue weighted by molar-refractivity contribution is 0.0696. The summed E-state index contributed by atoms with van der Waals surface area (Å²) in [6.45, 7) is 0.884. The van der Waals surface area contributed by atoms with E-state index in [-0.39, 0.29) is 10.5 Å². The number of methoxy groups -OCH3 is 2. The number of rotatable bonds is 6. The van der Waals surface area contributed by atoms with Crippen molar-refractivity contribution in [2.24, 2.45) is 0 Å². The molecule has 144 valence electrons. The third kappa shape index (κ3) is 3.77. The monoisotopic (exact) mass is 391 g/mol. The third-order valence-electron chi connectivity index (χ3n) is 4.57. The highest BCUT2D eigenvalue weighted by atomic mass is 32.2. The first-order valence-corrected chi connectivity index (χ1v) is 9.92. The van der Waals surface area contributed by atoms with Gasteiger partial charge in [0.05, 0.1) is 24.7 Å². The van der Waals surface area contributed by atoms with Crippen LogP contribution >= 0.6 is 0 Å². The topological polar surface area (TPSA) is 93.1 Å². The molecule has 0 aromatic heterocycles. The first kappa shape index (κ1) is 19.2. The smallest absolute Gasteiger partial charge is 0.335 e. The molecule has 2 aromatic carbocycles. The zero-order valence-corrected chi connectivity index (χ0v) is 16.0. The molecule has 0 bridgehead atoms. The second-order valence-corrected chi connectivity index (χ2v) is 8.17. The molecule has 8 heteroatoms. The summed E-state index contributed by atoms with van der Waals surface area (Å²) in [5, 5.41) is 9.47. The molecule has 1 N–H and O–H groups in total. The largest absolute Gasteiger partial charge is 0.497 e. The zero-order chi connectivity index (χ0) is 19.6. The van der Waals surface area contributed by atoms with Crippen molar-refractivity contribution >= 4 is 16.0 Å². The molecule has 7 nitrogen and oxygen atoms in total. The van der Waals surface area contributed by atoms with Crippen LogP contribution in [0.5, 0.6) is 11.5 Å². The molecule has 1 saturated heterocycles. The van der Waals surface area contributed by atoms with Crippen LogP contribution in [0.2, 0.25) is 0 Å². The van der Waals surface area contributed by atoms with E-state index in [1.54, 1.807) is 18.2 Å². The Labute approximate surface area is 158 Å². The van der Waals surface area contributed by atoms with Crippen molar-refractivity contribution in [2.75, 3.05) is 27.3 Å². The molecule has 0 atom stereocenters. The number of benzene rings is 2. The molecule has 27 heavy (non-hydrogen) atoms. The number of hydrogen-bond acceptors (Lipinski definition) is 5. The number of nitrogens with zero attached hydrogens (tertiary/aromatic N) is 1. The quantitative estimate of drug-likeness (QED) is 0.814. The number of carbonyl (C=O) groups is 1. The summed E-state index contributed by atoms with van der Waals surface area (Å²) in [5.74, 6) is -0.157. The normalized spacial score (nSPS) is 14.9. The van der Waals surface area contributed by atoms with E-state index < -0.39 is 16.0 Å². The number of hydrogen-bond donors (Lipinski definition) is 1. The predicted octanol–water partition coefficient (Wildman–Crippen LogP) is 2.85. The lowest BCUT2D eigenvalue weighted by Gasteiger charge is -2.17. The molecule has 2 aromatic rings. The highest BCUT2D eigenvalue weighted by molar-refractivity contribution is 7.89. The Morgan fingerprint density at radius 3 is 2.33 bits per heavy atom. The second kappa shape index (κ2) is 7.58. The number of ether oxygens (including phenoxy) is 2. The summed E-state index contributed by atoms with van der Waals surface area (Å²) < 4.78 is 37.9. The molecule has 0 saturated carbocycles. The molecule has 0 radical (unpaired) electrons. The maximum Gasteiger partial charge on any atom is 0.335 e. The van der Waals surface area contributed by atoms with E-state index in [2.05, 4.69) is 0 Å². The van der Waals surface area contributed by atoms with Gasteiger partial charge in [0.25, 0.3) is 0 Å². The van der Waals surface area contributed by atoms with Gasteiger partial charge in [-0.2, -0.15) is 4.31 Å². The minimum absolute atomic E-state index is 0.0378. The highest BCUT2D eigenvalue weighted by Crippen LogP contribution is 2.36. The van der Waals surface area contributed by atoms with Crippen LogP contribution < -0.4 is 9.47 Å². The van der Waals surface area contributed by atoms with Gasteiger partial charge in [0.2, 0.25) is 10.0 Å². The lowest BCUT2D eigenvalue weighted by Crippen LogP contribution is -2.28. The first-order valence-electron chi connectivity index (χ1n) is 8.48. The van der Waals surface area contributed by atoms with Gasteiger partial charge >= 0.3 is 5.97 Å². The standard InChI is InChI=1S/C19H21NO6S/c1-25-15-5-6-18(26-2)17(12-15)13-9-14(19(21)22)11-16(10-13)27(23,24)20-7-3-4-8-20/h5-6,9-12H,3-4,7-8H2,1-2H3,(H,21,22). The second-order valence-electron chi connectivity index (χ2n) is 6.23. The Hall–Kier alpha value is -2.58. The zero-order valence-electron chi connectivity index (χ0n) is 15.1. The van der Waals surface area contributed by atoms with E-state index in [1.165, 1.54) is 36.7 Å². The van der Waals surface area contributed by atoms with Crippen molar-refractivity contribution in [3.8, 4) is 22.6 Å². The van der Waals surface area contributed by atoms with E-state index in [0.29, 0.717) is 35.7 Å². The van der Waals surface area contributed by atoms with E-state index in [1.807, 2.05) is 0 Å². The van der Waals surface area contributed by atoms with Gasteiger partial charge in [-0.1, -0.05) is 0 Å². The van der Waals surface area contributed by atoms with Gasteiger partial charge in [0, 0.05) is 18.7 Å². The average Bonchev–Trinajstić information content (AvgIpc) is 3.22. The minimum atomic E-state index is -3.76. The molecular formula is C19H21NO6S. The number of aromatic carboxylic acids is 1. The van der Waals surface area contributed by atoms with Gasteiger partial charge in [-0.15, -0.1) is 0 Å². The molecular weight excluding hydrogens is 370 g/mol. The fourth-order valence-corrected chi connectivity index (χ4v) is 4.73. The molecule has 0 unspecified atom stereocenters. The van der Waals surface area contributed by atoms with Gasteiger partial charge < -0.3 is 14.6 Å². The van der Waals surface area contributed by atoms with Crippen LogP contribution in [0.15, 0.2) is 41.3 Å². The SMILES string of the molecule is COc1ccc(OC)c(-c2cc(C(=O)O)cc(S(=O)(=O)N3CCCC3)c2)c1. The summed E-state index contributed by atoms with van der Waals surface area (Å²) in [5.41, 5.74) is 0.886. The van der Waals surface area contributed by atoms with Crippen molar-refractivity contribution in [1.29, 1.82) is 0 Å². The molecule has 0 spiro atoms. The van der Waals surface area contributed by atoms with E-state index in [4.69, 9.17) is 9.47 Å². The van der Waals surface area contributed by atoms with Crippen molar-refractivity contribution in [1.82, 2.24) is 4.31 Å². The van der Waals surface area contributed by atoms with Crippen molar-refractivity contribution in [3.63, 3.8) is 0 Å². The van der Waals surface area contributed by atoms with Crippen molar-refractivity contribution in [3.05, 3.63) is 42.0 Å². The van der Waals surface area contributed by atoms with Crippen LogP contribution in [0.4, 0.5) is 0 Å². The highest BCUT2D eigenvalue weighted by Gasteiger charge is 2.28. The van der Waals surface area contributed by atoms with Gasteiger partial charge in [0.1, 0.15) is 11.5 Å². The molecule has 1 aliphatic rings. The number of carboxylic acid groups (broad SMARTS) is 1. The Bertz CT molecular complexity index is 964. The molecule has 1 fully saturated rings. The van der Waals surface area contributed by atoms with Crippen LogP contribution in [0.25, 0.3) is 11.1 Å². The third-order valence-corrected chi connectivity index (χ3v) is 6.45. The fourth-order valence-electron chi connectivity index (χ4n) is 3.14. The van der Waals surface area contributed by atoms with Gasteiger partial charge in [-0.25, -0.2) is 13.2 Å².